The van der Waals surface area contributed by atoms with Crippen molar-refractivity contribution in [2.75, 3.05) is 13.2 Å². The van der Waals surface area contributed by atoms with Crippen LogP contribution in [-0.4, -0.2) is 53.8 Å². The molecular weight excluding hydrogens is 427 g/mol. The van der Waals surface area contributed by atoms with E-state index >= 15 is 0 Å². The van der Waals surface area contributed by atoms with Crippen LogP contribution >= 0.6 is 0 Å². The minimum Gasteiger partial charge on any atom is -0.491 e. The van der Waals surface area contributed by atoms with Gasteiger partial charge in [-0.15, -0.1) is 0 Å². The molecule has 1 aliphatic heterocycles. The average Bonchev–Trinajstić information content (AvgIpc) is 2.93. The number of ether oxygens (including phenoxy) is 3. The highest BCUT2D eigenvalue weighted by atomic mass is 19.1. The first kappa shape index (κ1) is 25.7. The Morgan fingerprint density at radius 2 is 2.03 bits per heavy atom. The van der Waals surface area contributed by atoms with Crippen molar-refractivity contribution in [2.24, 2.45) is 17.8 Å². The second kappa shape index (κ2) is 12.5. The largest absolute Gasteiger partial charge is 0.491 e. The molecule has 2 aliphatic rings. The zero-order valence-corrected chi connectivity index (χ0v) is 19.6. The van der Waals surface area contributed by atoms with Crippen LogP contribution in [0.4, 0.5) is 4.39 Å². The van der Waals surface area contributed by atoms with Gasteiger partial charge in [-0.3, -0.25) is 4.79 Å². The third kappa shape index (κ3) is 8.09. The lowest BCUT2D eigenvalue weighted by Crippen LogP contribution is -2.22. The number of hydrogen-bond acceptors (Lipinski definition) is 6. The number of carbonyl (C=O) groups excluding carboxylic acids is 1. The number of benzene rings is 1. The predicted octanol–water partition coefficient (Wildman–Crippen LogP) is 4.04. The van der Waals surface area contributed by atoms with Gasteiger partial charge >= 0.3 is 5.97 Å². The summed E-state index contributed by atoms with van der Waals surface area (Å²) in [6.45, 7) is 4.41. The van der Waals surface area contributed by atoms with Gasteiger partial charge in [0.05, 0.1) is 18.3 Å². The van der Waals surface area contributed by atoms with Gasteiger partial charge in [0.25, 0.3) is 0 Å². The van der Waals surface area contributed by atoms with E-state index < -0.39 is 12.2 Å². The van der Waals surface area contributed by atoms with Crippen LogP contribution in [0.25, 0.3) is 0 Å². The number of hydrogen-bond donors (Lipinski definition) is 2. The fourth-order valence-corrected chi connectivity index (χ4v) is 4.82. The highest BCUT2D eigenvalue weighted by molar-refractivity contribution is 5.69. The van der Waals surface area contributed by atoms with Gasteiger partial charge in [-0.1, -0.05) is 12.2 Å². The Labute approximate surface area is 195 Å². The van der Waals surface area contributed by atoms with Crippen LogP contribution < -0.4 is 4.74 Å². The summed E-state index contributed by atoms with van der Waals surface area (Å²) < 4.78 is 29.8. The number of halogens is 1. The van der Waals surface area contributed by atoms with Gasteiger partial charge in [0.2, 0.25) is 0 Å². The van der Waals surface area contributed by atoms with Crippen molar-refractivity contribution < 1.29 is 33.6 Å². The number of carbonyl (C=O) groups is 1. The summed E-state index contributed by atoms with van der Waals surface area (Å²) in [6.07, 6.45) is 6.85. The smallest absolute Gasteiger partial charge is 0.306 e. The molecule has 2 N–H and O–H groups in total. The van der Waals surface area contributed by atoms with E-state index in [4.69, 9.17) is 14.2 Å². The zero-order chi connectivity index (χ0) is 23.8. The summed E-state index contributed by atoms with van der Waals surface area (Å²) in [5.74, 6) is 0.540. The third-order valence-electron chi connectivity index (χ3n) is 6.49. The van der Waals surface area contributed by atoms with E-state index in [0.717, 1.165) is 25.7 Å². The normalized spacial score (nSPS) is 28.5. The highest BCUT2D eigenvalue weighted by Gasteiger charge is 2.43. The molecule has 1 aromatic rings. The Morgan fingerprint density at radius 3 is 2.76 bits per heavy atom. The second-order valence-electron chi connectivity index (χ2n) is 9.51. The average molecular weight is 465 g/mol. The third-order valence-corrected chi connectivity index (χ3v) is 6.49. The van der Waals surface area contributed by atoms with Crippen molar-refractivity contribution >= 4 is 5.97 Å². The van der Waals surface area contributed by atoms with E-state index in [-0.39, 0.29) is 42.4 Å². The maximum Gasteiger partial charge on any atom is 0.306 e. The van der Waals surface area contributed by atoms with Crippen molar-refractivity contribution in [1.82, 2.24) is 0 Å². The molecule has 0 spiro atoms. The Kier molecular flexibility index (Phi) is 9.71. The molecule has 0 amide bonds. The monoisotopic (exact) mass is 464 g/mol. The standard InChI is InChI=1S/C26H37FO6/c1-17(2)33-26(30)5-3-4-18-6-12-23-22(24(29)14-25(23)32-15-18)13-9-20(28)16-31-21-10-7-19(27)8-11-21/h7-11,13,17-18,20,22-25,28-29H,3-6,12,14-16H2,1-2H3/t18-,20+,22+,23+,24+,25-/m0/s1. The summed E-state index contributed by atoms with van der Waals surface area (Å²) >= 11 is 0. The van der Waals surface area contributed by atoms with E-state index in [9.17, 15) is 19.4 Å². The van der Waals surface area contributed by atoms with Gasteiger partial charge in [0.15, 0.2) is 0 Å². The van der Waals surface area contributed by atoms with E-state index in [0.29, 0.717) is 31.1 Å². The maximum absolute atomic E-state index is 13.0. The molecule has 1 heterocycles. The summed E-state index contributed by atoms with van der Waals surface area (Å²) in [5.41, 5.74) is 0. The first-order valence-electron chi connectivity index (χ1n) is 12.1. The van der Waals surface area contributed by atoms with Crippen LogP contribution in [0.5, 0.6) is 5.75 Å². The number of fused-ring (bicyclic) bond motifs is 1. The summed E-state index contributed by atoms with van der Waals surface area (Å²) in [5, 5.41) is 20.8. The maximum atomic E-state index is 13.0. The van der Waals surface area contributed by atoms with Gasteiger partial charge in [0.1, 0.15) is 24.3 Å². The molecular formula is C26H37FO6. The van der Waals surface area contributed by atoms with Crippen molar-refractivity contribution in [3.05, 3.63) is 42.2 Å². The topological polar surface area (TPSA) is 85.2 Å². The van der Waals surface area contributed by atoms with Crippen LogP contribution in [0, 0.1) is 23.6 Å². The minimum atomic E-state index is -0.827. The molecule has 0 bridgehead atoms. The van der Waals surface area contributed by atoms with Gasteiger partial charge < -0.3 is 24.4 Å². The lowest BCUT2D eigenvalue weighted by molar-refractivity contribution is -0.147. The quantitative estimate of drug-likeness (QED) is 0.402. The van der Waals surface area contributed by atoms with Crippen molar-refractivity contribution in [3.63, 3.8) is 0 Å². The van der Waals surface area contributed by atoms with E-state index in [2.05, 4.69) is 0 Å². The number of esters is 1. The highest BCUT2D eigenvalue weighted by Crippen LogP contribution is 2.42. The fourth-order valence-electron chi connectivity index (χ4n) is 4.82. The molecule has 0 radical (unpaired) electrons. The van der Waals surface area contributed by atoms with E-state index in [1.165, 1.54) is 24.3 Å². The number of aliphatic hydroxyl groups excluding tert-OH is 2. The molecule has 6 atom stereocenters. The van der Waals surface area contributed by atoms with Crippen molar-refractivity contribution in [3.8, 4) is 5.75 Å². The molecule has 0 unspecified atom stereocenters. The molecule has 0 aromatic heterocycles. The Balaban J connectivity index is 1.44. The Morgan fingerprint density at radius 1 is 1.27 bits per heavy atom. The number of rotatable bonds is 10. The molecule has 1 aromatic carbocycles. The Hall–Kier alpha value is -1.96. The van der Waals surface area contributed by atoms with Crippen LogP contribution in [0.1, 0.15) is 52.4 Å². The minimum absolute atomic E-state index is 0.0122. The van der Waals surface area contributed by atoms with Crippen LogP contribution in [0.2, 0.25) is 0 Å². The van der Waals surface area contributed by atoms with Gasteiger partial charge in [-0.25, -0.2) is 4.39 Å². The molecule has 1 saturated heterocycles. The predicted molar refractivity (Wildman–Crippen MR) is 122 cm³/mol. The summed E-state index contributed by atoms with van der Waals surface area (Å²) in [4.78, 5) is 11.7. The van der Waals surface area contributed by atoms with Crippen LogP contribution in [0.15, 0.2) is 36.4 Å². The van der Waals surface area contributed by atoms with Crippen molar-refractivity contribution in [2.45, 2.75) is 76.8 Å². The SMILES string of the molecule is CC(C)OC(=O)CCC[C@H]1CC[C@@H]2[C@@H](C=C[C@@H](O)COc3ccc(F)cc3)[C@H](O)C[C@@H]2OC1. The van der Waals surface area contributed by atoms with Crippen molar-refractivity contribution in [1.29, 1.82) is 0 Å². The number of aliphatic hydroxyl groups is 2. The summed E-state index contributed by atoms with van der Waals surface area (Å²) in [7, 11) is 0. The summed E-state index contributed by atoms with van der Waals surface area (Å²) in [6, 6.07) is 5.65. The molecule has 2 fully saturated rings. The molecule has 33 heavy (non-hydrogen) atoms. The van der Waals surface area contributed by atoms with E-state index in [1.54, 1.807) is 6.08 Å². The molecule has 7 heteroatoms. The molecule has 6 nitrogen and oxygen atoms in total. The molecule has 184 valence electrons. The zero-order valence-electron chi connectivity index (χ0n) is 19.6. The van der Waals surface area contributed by atoms with Gasteiger partial charge in [0, 0.05) is 25.4 Å². The lowest BCUT2D eigenvalue weighted by atomic mass is 9.86. The first-order chi connectivity index (χ1) is 15.8. The van der Waals surface area contributed by atoms with Crippen LogP contribution in [0.3, 0.4) is 0 Å². The first-order valence-corrected chi connectivity index (χ1v) is 12.1. The fraction of sp³-hybridized carbons (Fsp3) is 0.654. The lowest BCUT2D eigenvalue weighted by Gasteiger charge is -2.21. The second-order valence-corrected chi connectivity index (χ2v) is 9.51. The molecule has 1 saturated carbocycles. The van der Waals surface area contributed by atoms with Crippen LogP contribution in [-0.2, 0) is 14.3 Å². The molecule has 1 aliphatic carbocycles. The molecule has 3 rings (SSSR count). The van der Waals surface area contributed by atoms with Gasteiger partial charge in [-0.2, -0.15) is 0 Å². The van der Waals surface area contributed by atoms with Gasteiger partial charge in [-0.05, 0) is 75.6 Å². The van der Waals surface area contributed by atoms with E-state index in [1.807, 2.05) is 19.9 Å². The Bertz CT molecular complexity index is 765.